The standard InChI is InChI=1S/C21H24ClF3N2O/c1-14-12-16(4-7-20(14)28-3)15(2)26-8-10-27(11-9-26)17-5-6-19(22)18(13-17)21(23,24)25/h4-7,12-13,15H,8-11H2,1-3H3. The molecule has 7 heteroatoms. The van der Waals surface area contributed by atoms with E-state index in [9.17, 15) is 13.2 Å². The molecule has 1 heterocycles. The van der Waals surface area contributed by atoms with Gasteiger partial charge in [0.25, 0.3) is 0 Å². The average molecular weight is 413 g/mol. The van der Waals surface area contributed by atoms with Gasteiger partial charge in [-0.3, -0.25) is 4.90 Å². The minimum atomic E-state index is -4.45. The second kappa shape index (κ2) is 8.21. The number of methoxy groups -OCH3 is 1. The molecule has 0 radical (unpaired) electrons. The Morgan fingerprint density at radius 2 is 1.71 bits per heavy atom. The molecule has 1 atom stereocenters. The predicted molar refractivity (Wildman–Crippen MR) is 106 cm³/mol. The van der Waals surface area contributed by atoms with Crippen molar-refractivity contribution >= 4 is 17.3 Å². The zero-order valence-electron chi connectivity index (χ0n) is 16.2. The minimum Gasteiger partial charge on any atom is -0.496 e. The Hall–Kier alpha value is -1.92. The summed E-state index contributed by atoms with van der Waals surface area (Å²) < 4.78 is 44.7. The van der Waals surface area contributed by atoms with Crippen LogP contribution >= 0.6 is 11.6 Å². The average Bonchev–Trinajstić information content (AvgIpc) is 2.67. The highest BCUT2D eigenvalue weighted by Gasteiger charge is 2.34. The number of anilines is 1. The van der Waals surface area contributed by atoms with Crippen molar-refractivity contribution in [3.05, 3.63) is 58.1 Å². The quantitative estimate of drug-likeness (QED) is 0.654. The highest BCUT2D eigenvalue weighted by molar-refractivity contribution is 6.31. The Morgan fingerprint density at radius 1 is 1.04 bits per heavy atom. The van der Waals surface area contributed by atoms with Crippen molar-refractivity contribution in [3.63, 3.8) is 0 Å². The first kappa shape index (κ1) is 20.8. The van der Waals surface area contributed by atoms with Crippen molar-refractivity contribution < 1.29 is 17.9 Å². The predicted octanol–water partition coefficient (Wildman–Crippen LogP) is 5.56. The number of rotatable bonds is 4. The van der Waals surface area contributed by atoms with E-state index in [0.29, 0.717) is 18.8 Å². The largest absolute Gasteiger partial charge is 0.496 e. The van der Waals surface area contributed by atoms with Crippen LogP contribution in [0.25, 0.3) is 0 Å². The molecular weight excluding hydrogens is 389 g/mol. The van der Waals surface area contributed by atoms with Gasteiger partial charge in [-0.2, -0.15) is 13.2 Å². The Morgan fingerprint density at radius 3 is 2.29 bits per heavy atom. The molecule has 1 aliphatic heterocycles. The molecule has 1 fully saturated rings. The van der Waals surface area contributed by atoms with Crippen molar-refractivity contribution in [2.45, 2.75) is 26.1 Å². The number of benzene rings is 2. The maximum atomic E-state index is 13.1. The second-order valence-corrected chi connectivity index (χ2v) is 7.50. The molecule has 0 spiro atoms. The first-order chi connectivity index (χ1) is 13.2. The fourth-order valence-corrected chi connectivity index (χ4v) is 3.89. The van der Waals surface area contributed by atoms with Gasteiger partial charge in [0, 0.05) is 37.9 Å². The Balaban J connectivity index is 1.68. The summed E-state index contributed by atoms with van der Waals surface area (Å²) in [4.78, 5) is 4.33. The van der Waals surface area contributed by atoms with Gasteiger partial charge in [-0.15, -0.1) is 0 Å². The van der Waals surface area contributed by atoms with Gasteiger partial charge < -0.3 is 9.64 Å². The van der Waals surface area contributed by atoms with Crippen molar-refractivity contribution in [2.24, 2.45) is 0 Å². The van der Waals surface area contributed by atoms with Crippen molar-refractivity contribution in [2.75, 3.05) is 38.2 Å². The third-order valence-corrected chi connectivity index (χ3v) is 5.71. The SMILES string of the molecule is COc1ccc(C(C)N2CCN(c3ccc(Cl)c(C(F)(F)F)c3)CC2)cc1C. The third kappa shape index (κ3) is 4.39. The molecule has 3 nitrogen and oxygen atoms in total. The Labute approximate surface area is 168 Å². The molecule has 1 saturated heterocycles. The summed E-state index contributed by atoms with van der Waals surface area (Å²) in [6.07, 6.45) is -4.45. The van der Waals surface area contributed by atoms with Crippen LogP contribution in [-0.4, -0.2) is 38.2 Å². The van der Waals surface area contributed by atoms with Gasteiger partial charge in [-0.1, -0.05) is 23.7 Å². The van der Waals surface area contributed by atoms with E-state index in [4.69, 9.17) is 16.3 Å². The highest BCUT2D eigenvalue weighted by Crippen LogP contribution is 2.37. The molecular formula is C21H24ClF3N2O. The lowest BCUT2D eigenvalue weighted by Crippen LogP contribution is -2.47. The molecule has 2 aromatic rings. The van der Waals surface area contributed by atoms with Gasteiger partial charge in [0.05, 0.1) is 17.7 Å². The summed E-state index contributed by atoms with van der Waals surface area (Å²) in [7, 11) is 1.66. The normalized spacial score (nSPS) is 16.9. The number of piperazine rings is 1. The number of aryl methyl sites for hydroxylation is 1. The number of halogens is 4. The summed E-state index contributed by atoms with van der Waals surface area (Å²) in [6.45, 7) is 7.05. The van der Waals surface area contributed by atoms with E-state index < -0.39 is 11.7 Å². The number of alkyl halides is 3. The zero-order chi connectivity index (χ0) is 20.5. The van der Waals surface area contributed by atoms with Crippen LogP contribution in [0.4, 0.5) is 18.9 Å². The van der Waals surface area contributed by atoms with E-state index in [1.165, 1.54) is 11.6 Å². The van der Waals surface area contributed by atoms with E-state index in [1.807, 2.05) is 17.9 Å². The number of ether oxygens (including phenoxy) is 1. The van der Waals surface area contributed by atoms with Crippen molar-refractivity contribution in [3.8, 4) is 5.75 Å². The van der Waals surface area contributed by atoms with Gasteiger partial charge in [0.15, 0.2) is 0 Å². The van der Waals surface area contributed by atoms with Crippen LogP contribution < -0.4 is 9.64 Å². The molecule has 152 valence electrons. The lowest BCUT2D eigenvalue weighted by molar-refractivity contribution is -0.137. The highest BCUT2D eigenvalue weighted by atomic mass is 35.5. The molecule has 2 aromatic carbocycles. The van der Waals surface area contributed by atoms with Crippen molar-refractivity contribution in [1.82, 2.24) is 4.90 Å². The smallest absolute Gasteiger partial charge is 0.417 e. The van der Waals surface area contributed by atoms with Gasteiger partial charge in [0.2, 0.25) is 0 Å². The second-order valence-electron chi connectivity index (χ2n) is 7.09. The summed E-state index contributed by atoms with van der Waals surface area (Å²) in [5.74, 6) is 0.865. The maximum Gasteiger partial charge on any atom is 0.417 e. The van der Waals surface area contributed by atoms with Crippen LogP contribution in [-0.2, 0) is 6.18 Å². The van der Waals surface area contributed by atoms with Crippen LogP contribution in [0.1, 0.15) is 29.7 Å². The maximum absolute atomic E-state index is 13.1. The molecule has 1 aliphatic rings. The van der Waals surface area contributed by atoms with E-state index >= 15 is 0 Å². The molecule has 3 rings (SSSR count). The molecule has 1 unspecified atom stereocenters. The van der Waals surface area contributed by atoms with Crippen LogP contribution in [0, 0.1) is 6.92 Å². The van der Waals surface area contributed by atoms with Crippen LogP contribution in [0.2, 0.25) is 5.02 Å². The van der Waals surface area contributed by atoms with E-state index in [2.05, 4.69) is 24.0 Å². The molecule has 0 bridgehead atoms. The molecule has 0 aromatic heterocycles. The van der Waals surface area contributed by atoms with Crippen LogP contribution in [0.5, 0.6) is 5.75 Å². The van der Waals surface area contributed by atoms with E-state index in [1.54, 1.807) is 13.2 Å². The number of hydrogen-bond acceptors (Lipinski definition) is 3. The van der Waals surface area contributed by atoms with Crippen molar-refractivity contribution in [1.29, 1.82) is 0 Å². The van der Waals surface area contributed by atoms with E-state index in [0.717, 1.165) is 30.5 Å². The lowest BCUT2D eigenvalue weighted by Gasteiger charge is -2.39. The molecule has 0 amide bonds. The fourth-order valence-electron chi connectivity index (χ4n) is 3.67. The fraction of sp³-hybridized carbons (Fsp3) is 0.429. The molecule has 0 aliphatic carbocycles. The number of hydrogen-bond donors (Lipinski definition) is 0. The van der Waals surface area contributed by atoms with Gasteiger partial charge in [-0.25, -0.2) is 0 Å². The van der Waals surface area contributed by atoms with Gasteiger partial charge in [0.1, 0.15) is 5.75 Å². The van der Waals surface area contributed by atoms with E-state index in [-0.39, 0.29) is 11.1 Å². The van der Waals surface area contributed by atoms with Crippen LogP contribution in [0.3, 0.4) is 0 Å². The molecule has 0 N–H and O–H groups in total. The summed E-state index contributed by atoms with van der Waals surface area (Å²) >= 11 is 5.73. The summed E-state index contributed by atoms with van der Waals surface area (Å²) in [5, 5.41) is -0.265. The lowest BCUT2D eigenvalue weighted by atomic mass is 10.0. The third-order valence-electron chi connectivity index (χ3n) is 5.38. The summed E-state index contributed by atoms with van der Waals surface area (Å²) in [5.41, 5.74) is 2.07. The molecule has 28 heavy (non-hydrogen) atoms. The Kier molecular flexibility index (Phi) is 6.10. The minimum absolute atomic E-state index is 0.225. The summed E-state index contributed by atoms with van der Waals surface area (Å²) in [6, 6.07) is 10.5. The first-order valence-electron chi connectivity index (χ1n) is 9.21. The van der Waals surface area contributed by atoms with Gasteiger partial charge >= 0.3 is 6.18 Å². The number of nitrogens with zero attached hydrogens (tertiary/aromatic N) is 2. The van der Waals surface area contributed by atoms with Crippen LogP contribution in [0.15, 0.2) is 36.4 Å². The molecule has 0 saturated carbocycles. The first-order valence-corrected chi connectivity index (χ1v) is 9.59. The van der Waals surface area contributed by atoms with Gasteiger partial charge in [-0.05, 0) is 49.2 Å². The Bertz CT molecular complexity index is 833. The monoisotopic (exact) mass is 412 g/mol. The topological polar surface area (TPSA) is 15.7 Å². The zero-order valence-corrected chi connectivity index (χ0v) is 16.9.